The minimum atomic E-state index is 0.871. The van der Waals surface area contributed by atoms with E-state index in [2.05, 4.69) is 159 Å². The monoisotopic (exact) mass is 688 g/mol. The molecule has 0 radical (unpaired) electrons. The molecule has 11 aromatic rings. The first kappa shape index (κ1) is 30.5. The molecular weight excluding hydrogens is 657 g/mol. The topological polar surface area (TPSA) is 26.3 Å². The Morgan fingerprint density at radius 1 is 0.444 bits per heavy atom. The van der Waals surface area contributed by atoms with Gasteiger partial charge in [-0.05, 0) is 102 Å². The van der Waals surface area contributed by atoms with Gasteiger partial charge in [0.2, 0.25) is 0 Å². The van der Waals surface area contributed by atoms with Crippen LogP contribution in [0.1, 0.15) is 16.7 Å². The smallest absolute Gasteiger partial charge is 0.144 e. The molecule has 2 heteroatoms. The van der Waals surface area contributed by atoms with Crippen molar-refractivity contribution in [1.82, 2.24) is 0 Å². The third-order valence-electron chi connectivity index (χ3n) is 11.2. The van der Waals surface area contributed by atoms with E-state index in [0.29, 0.717) is 0 Å². The summed E-state index contributed by atoms with van der Waals surface area (Å²) in [5.74, 6) is 0. The van der Waals surface area contributed by atoms with Crippen molar-refractivity contribution in [3.05, 3.63) is 194 Å². The van der Waals surface area contributed by atoms with Gasteiger partial charge in [-0.2, -0.15) is 0 Å². The Kier molecular flexibility index (Phi) is 6.59. The molecule has 0 fully saturated rings. The predicted molar refractivity (Wildman–Crippen MR) is 229 cm³/mol. The molecule has 0 saturated heterocycles. The number of hydrogen-bond acceptors (Lipinski definition) is 2. The van der Waals surface area contributed by atoms with Crippen LogP contribution in [0.25, 0.3) is 110 Å². The first-order chi connectivity index (χ1) is 26.7. The molecule has 0 saturated carbocycles. The van der Waals surface area contributed by atoms with Gasteiger partial charge in [-0.1, -0.05) is 153 Å². The average molecular weight is 689 g/mol. The Labute approximate surface area is 311 Å². The van der Waals surface area contributed by atoms with Gasteiger partial charge >= 0.3 is 0 Å². The minimum Gasteiger partial charge on any atom is -0.456 e. The standard InChI is InChI=1S/C52H32O2/c1-3-32-12-4-5-13-37(32)31(2)48-38-14-6-8-16-40(38)49(41-17-9-7-15-39(41)48)34-22-20-33(21-23-34)36-26-28-46-44(30-36)42-27-24-35-25-29-47-51(50(35)52(42)54-46)43-18-10-11-19-45(43)53-47/h3-30H,1-2H2. The number of furan rings is 2. The van der Waals surface area contributed by atoms with Gasteiger partial charge in [0.25, 0.3) is 0 Å². The van der Waals surface area contributed by atoms with Crippen LogP contribution in [0, 0.1) is 0 Å². The van der Waals surface area contributed by atoms with Crippen molar-refractivity contribution in [3.8, 4) is 22.3 Å². The van der Waals surface area contributed by atoms with E-state index < -0.39 is 0 Å². The lowest BCUT2D eigenvalue weighted by molar-refractivity contribution is 0.668. The third kappa shape index (κ3) is 4.41. The summed E-state index contributed by atoms with van der Waals surface area (Å²) >= 11 is 0. The van der Waals surface area contributed by atoms with Gasteiger partial charge in [0.15, 0.2) is 0 Å². The zero-order valence-corrected chi connectivity index (χ0v) is 29.4. The maximum absolute atomic E-state index is 6.66. The largest absolute Gasteiger partial charge is 0.456 e. The highest BCUT2D eigenvalue weighted by Gasteiger charge is 2.20. The lowest BCUT2D eigenvalue weighted by Crippen LogP contribution is -1.96. The molecule has 0 N–H and O–H groups in total. The van der Waals surface area contributed by atoms with E-state index in [1.165, 1.54) is 32.7 Å². The Morgan fingerprint density at radius 3 is 1.80 bits per heavy atom. The first-order valence-corrected chi connectivity index (χ1v) is 18.3. The molecule has 0 atom stereocenters. The summed E-state index contributed by atoms with van der Waals surface area (Å²) in [6.45, 7) is 8.75. The van der Waals surface area contributed by atoms with Gasteiger partial charge < -0.3 is 8.83 Å². The molecule has 11 rings (SSSR count). The van der Waals surface area contributed by atoms with Gasteiger partial charge in [-0.3, -0.25) is 0 Å². The normalized spacial score (nSPS) is 11.9. The van der Waals surface area contributed by atoms with Crippen LogP contribution in [0.4, 0.5) is 0 Å². The summed E-state index contributed by atoms with van der Waals surface area (Å²) in [7, 11) is 0. The van der Waals surface area contributed by atoms with Crippen LogP contribution in [0.3, 0.4) is 0 Å². The van der Waals surface area contributed by atoms with Crippen molar-refractivity contribution < 1.29 is 8.83 Å². The molecule has 0 aliphatic heterocycles. The molecule has 0 bridgehead atoms. The summed E-state index contributed by atoms with van der Waals surface area (Å²) in [5, 5.41) is 11.4. The highest BCUT2D eigenvalue weighted by Crippen LogP contribution is 2.45. The predicted octanol–water partition coefficient (Wildman–Crippen LogP) is 15.0. The fraction of sp³-hybridized carbons (Fsp3) is 0. The zero-order chi connectivity index (χ0) is 35.9. The molecule has 54 heavy (non-hydrogen) atoms. The van der Waals surface area contributed by atoms with Crippen LogP contribution in [0.2, 0.25) is 0 Å². The van der Waals surface area contributed by atoms with E-state index in [1.54, 1.807) is 0 Å². The number of hydrogen-bond donors (Lipinski definition) is 0. The Morgan fingerprint density at radius 2 is 1.04 bits per heavy atom. The molecule has 2 heterocycles. The molecule has 2 nitrogen and oxygen atoms in total. The lowest BCUT2D eigenvalue weighted by atomic mass is 9.83. The Bertz CT molecular complexity index is 3300. The molecule has 0 aliphatic rings. The number of para-hydroxylation sites is 1. The number of benzene rings is 9. The number of rotatable bonds is 5. The average Bonchev–Trinajstić information content (AvgIpc) is 3.81. The molecule has 9 aromatic carbocycles. The van der Waals surface area contributed by atoms with Crippen LogP contribution in [-0.2, 0) is 0 Å². The summed E-state index contributed by atoms with van der Waals surface area (Å²) in [4.78, 5) is 0. The highest BCUT2D eigenvalue weighted by molar-refractivity contribution is 6.28. The van der Waals surface area contributed by atoms with Crippen LogP contribution < -0.4 is 0 Å². The minimum absolute atomic E-state index is 0.871. The van der Waals surface area contributed by atoms with E-state index in [1.807, 2.05) is 24.3 Å². The zero-order valence-electron chi connectivity index (χ0n) is 29.4. The van der Waals surface area contributed by atoms with E-state index >= 15 is 0 Å². The maximum Gasteiger partial charge on any atom is 0.144 e. The molecule has 0 spiro atoms. The van der Waals surface area contributed by atoms with Gasteiger partial charge in [-0.25, -0.2) is 0 Å². The molecule has 0 amide bonds. The second-order valence-electron chi connectivity index (χ2n) is 14.1. The van der Waals surface area contributed by atoms with Crippen LogP contribution in [0.15, 0.2) is 186 Å². The highest BCUT2D eigenvalue weighted by atomic mass is 16.3. The maximum atomic E-state index is 6.66. The molecular formula is C52H32O2. The van der Waals surface area contributed by atoms with Gasteiger partial charge in [-0.15, -0.1) is 0 Å². The van der Waals surface area contributed by atoms with Crippen molar-refractivity contribution in [2.24, 2.45) is 0 Å². The number of fused-ring (bicyclic) bond motifs is 11. The van der Waals surface area contributed by atoms with E-state index in [-0.39, 0.29) is 0 Å². The third-order valence-corrected chi connectivity index (χ3v) is 11.2. The van der Waals surface area contributed by atoms with Gasteiger partial charge in [0, 0.05) is 26.9 Å². The summed E-state index contributed by atoms with van der Waals surface area (Å²) in [5.41, 5.74) is 12.5. The summed E-state index contributed by atoms with van der Waals surface area (Å²) < 4.78 is 12.9. The van der Waals surface area contributed by atoms with Crippen LogP contribution >= 0.6 is 0 Å². The molecule has 0 unspecified atom stereocenters. The second kappa shape index (κ2) is 11.7. The van der Waals surface area contributed by atoms with Crippen molar-refractivity contribution in [2.75, 3.05) is 0 Å². The Balaban J connectivity index is 1.05. The molecule has 0 aliphatic carbocycles. The van der Waals surface area contributed by atoms with E-state index in [4.69, 9.17) is 8.83 Å². The molecule has 2 aromatic heterocycles. The summed E-state index contributed by atoms with van der Waals surface area (Å²) in [6, 6.07) is 58.2. The second-order valence-corrected chi connectivity index (χ2v) is 14.1. The van der Waals surface area contributed by atoms with Gasteiger partial charge in [0.05, 0.1) is 0 Å². The van der Waals surface area contributed by atoms with Crippen molar-refractivity contribution in [2.45, 2.75) is 0 Å². The van der Waals surface area contributed by atoms with Crippen molar-refractivity contribution >= 4 is 87.8 Å². The SMILES string of the molecule is C=Cc1ccccc1C(=C)c1c2ccccc2c(-c2ccc(-c3ccc4oc5c(ccc6ccc7oc8ccccc8c7c65)c4c3)cc2)c2ccccc12. The lowest BCUT2D eigenvalue weighted by Gasteiger charge is -2.20. The van der Waals surface area contributed by atoms with Gasteiger partial charge in [0.1, 0.15) is 22.3 Å². The Hall–Kier alpha value is -7.16. The van der Waals surface area contributed by atoms with Crippen molar-refractivity contribution in [1.29, 1.82) is 0 Å². The quantitative estimate of drug-likeness (QED) is 0.168. The fourth-order valence-electron chi connectivity index (χ4n) is 8.72. The van der Waals surface area contributed by atoms with Crippen LogP contribution in [0.5, 0.6) is 0 Å². The van der Waals surface area contributed by atoms with Crippen molar-refractivity contribution in [3.63, 3.8) is 0 Å². The summed E-state index contributed by atoms with van der Waals surface area (Å²) in [6.07, 6.45) is 1.91. The van der Waals surface area contributed by atoms with E-state index in [9.17, 15) is 0 Å². The molecule has 252 valence electrons. The first-order valence-electron chi connectivity index (χ1n) is 18.3. The fourth-order valence-corrected chi connectivity index (χ4v) is 8.72. The van der Waals surface area contributed by atoms with E-state index in [0.717, 1.165) is 88.0 Å². The van der Waals surface area contributed by atoms with Crippen LogP contribution in [-0.4, -0.2) is 0 Å².